The maximum Gasteiger partial charge on any atom is 0.0730 e. The van der Waals surface area contributed by atoms with Crippen LogP contribution in [0.2, 0.25) is 0 Å². The minimum atomic E-state index is 0.883. The molecule has 2 saturated heterocycles. The van der Waals surface area contributed by atoms with E-state index in [9.17, 15) is 0 Å². The zero-order valence-electron chi connectivity index (χ0n) is 40.2. The number of benzene rings is 4. The maximum atomic E-state index is 5.68. The van der Waals surface area contributed by atoms with E-state index in [1.54, 1.807) is 0 Å². The number of aromatic nitrogens is 2. The van der Waals surface area contributed by atoms with E-state index in [0.717, 1.165) is 110 Å². The lowest BCUT2D eigenvalue weighted by Gasteiger charge is -2.37. The fourth-order valence-corrected chi connectivity index (χ4v) is 13.4. The van der Waals surface area contributed by atoms with Gasteiger partial charge in [-0.1, -0.05) is 97.1 Å². The Morgan fingerprint density at radius 2 is 0.681 bits per heavy atom. The Kier molecular flexibility index (Phi) is 12.9. The van der Waals surface area contributed by atoms with Crippen LogP contribution in [0.3, 0.4) is 0 Å². The summed E-state index contributed by atoms with van der Waals surface area (Å²) < 4.78 is 4.76. The van der Waals surface area contributed by atoms with Crippen LogP contribution in [0.5, 0.6) is 0 Å². The fourth-order valence-electron chi connectivity index (χ4n) is 11.1. The molecular formula is C64H54N6S2. The van der Waals surface area contributed by atoms with Crippen molar-refractivity contribution in [3.05, 3.63) is 242 Å². The number of piperazine rings is 2. The average molecular weight is 971 g/mol. The van der Waals surface area contributed by atoms with Gasteiger partial charge < -0.3 is 9.80 Å². The monoisotopic (exact) mass is 970 g/mol. The number of anilines is 2. The Hall–Kier alpha value is -6.16. The van der Waals surface area contributed by atoms with Crippen LogP contribution in [0.25, 0.3) is 65.4 Å². The Morgan fingerprint density at radius 1 is 0.347 bits per heavy atom. The molecule has 6 nitrogen and oxygen atoms in total. The van der Waals surface area contributed by atoms with Crippen LogP contribution < -0.4 is 9.80 Å². The number of rotatable bonds is 10. The van der Waals surface area contributed by atoms with E-state index in [1.165, 1.54) is 65.0 Å². The van der Waals surface area contributed by atoms with Crippen LogP contribution in [0.4, 0.5) is 11.4 Å². The van der Waals surface area contributed by atoms with Crippen molar-refractivity contribution in [3.8, 4) is 22.3 Å². The molecule has 10 radical (unpaired) electrons. The molecule has 4 fully saturated rings. The topological polar surface area (TPSA) is 38.7 Å². The first-order valence-corrected chi connectivity index (χ1v) is 26.9. The number of hydrogen-bond donors (Lipinski definition) is 0. The standard InChI is InChI=1S/C64H54N6S2/c1-5-15-45(16-6-1)61-53-27-29-55(65-53)63(51-25-13-19-47(51)43-67-35-39-69(40-36-67)49-21-9-3-10-22-49)59-33-34-60(72-59)64(52-26-14-20-48(52)44-68-37-41-70(42-38-68)50-23-11-4-12-24-50)56-30-28-54(66-56)62(46-17-7-2-8-18-46)58-32-31-57(61)71-58/h1-34H,35-44H2. The third-order valence-electron chi connectivity index (χ3n) is 14.8. The van der Waals surface area contributed by atoms with Gasteiger partial charge in [-0.2, -0.15) is 0 Å². The highest BCUT2D eigenvalue weighted by molar-refractivity contribution is 7.24. The van der Waals surface area contributed by atoms with Gasteiger partial charge in [-0.05, 0) is 122 Å². The summed E-state index contributed by atoms with van der Waals surface area (Å²) in [6, 6.07) is 52.6. The number of fused-ring (bicyclic) bond motifs is 8. The normalized spacial score (nSPS) is 18.5. The average Bonchev–Trinajstić information content (AvgIpc) is 4.32. The summed E-state index contributed by atoms with van der Waals surface area (Å²) in [5.41, 5.74) is 13.5. The molecule has 0 amide bonds. The van der Waals surface area contributed by atoms with E-state index in [2.05, 4.69) is 228 Å². The molecule has 0 unspecified atom stereocenters. The van der Waals surface area contributed by atoms with Crippen LogP contribution in [0.1, 0.15) is 33.9 Å². The van der Waals surface area contributed by atoms with E-state index in [0.29, 0.717) is 0 Å². The minimum absolute atomic E-state index is 0.883. The van der Waals surface area contributed by atoms with Crippen LogP contribution in [0, 0.1) is 62.2 Å². The first-order chi connectivity index (χ1) is 35.7. The molecule has 4 aliphatic heterocycles. The summed E-state index contributed by atoms with van der Waals surface area (Å²) in [6.07, 6.45) is 22.8. The van der Waals surface area contributed by atoms with E-state index < -0.39 is 0 Å². The zero-order valence-corrected chi connectivity index (χ0v) is 41.8. The predicted molar refractivity (Wildman–Crippen MR) is 304 cm³/mol. The number of thiophene rings is 2. The first-order valence-electron chi connectivity index (χ1n) is 25.3. The van der Waals surface area contributed by atoms with Crippen LogP contribution in [-0.2, 0) is 0 Å². The second-order valence-corrected chi connectivity index (χ2v) is 21.3. The highest BCUT2D eigenvalue weighted by Crippen LogP contribution is 2.48. The summed E-state index contributed by atoms with van der Waals surface area (Å²) >= 11 is 3.69. The van der Waals surface area contributed by atoms with Gasteiger partial charge in [-0.15, -0.1) is 22.7 Å². The maximum absolute atomic E-state index is 5.68. The Balaban J connectivity index is 0.954. The SMILES string of the molecule is [CH]1[CH][C](CN2CCN(c3ccccc3)CC2)[C](c2c3nc(c(-c4ccccc4)c4ccc(s4)c(-c4ccccc4)c4nc(c([C]5[CH][CH][CH][C]5CN5CCN(c6ccccc6)CC5)c5ccc2s5)C=C4)C=C3)[CH]1. The number of nitrogens with zero attached hydrogens (tertiary/aromatic N) is 6. The summed E-state index contributed by atoms with van der Waals surface area (Å²) in [6.45, 7) is 9.84. The fraction of sp³-hybridized carbons (Fsp3) is 0.156. The van der Waals surface area contributed by atoms with E-state index in [4.69, 9.17) is 9.97 Å². The molecule has 3 aromatic heterocycles. The summed E-state index contributed by atoms with van der Waals surface area (Å²) in [5, 5.41) is 0. The molecule has 0 atom stereocenters. The molecule has 8 bridgehead atoms. The Labute approximate surface area is 433 Å². The highest BCUT2D eigenvalue weighted by atomic mass is 32.1. The van der Waals surface area contributed by atoms with Crippen molar-refractivity contribution >= 4 is 77.2 Å². The molecule has 72 heavy (non-hydrogen) atoms. The molecule has 0 spiro atoms. The largest absolute Gasteiger partial charge is 0.369 e. The second kappa shape index (κ2) is 20.4. The van der Waals surface area contributed by atoms with Gasteiger partial charge in [0.2, 0.25) is 0 Å². The highest BCUT2D eigenvalue weighted by Gasteiger charge is 2.38. The second-order valence-electron chi connectivity index (χ2n) is 19.1. The molecule has 6 aliphatic rings. The van der Waals surface area contributed by atoms with Gasteiger partial charge in [0.05, 0.1) is 22.8 Å². The molecule has 8 heteroatoms. The molecule has 2 saturated carbocycles. The summed E-state index contributed by atoms with van der Waals surface area (Å²) in [7, 11) is 0. The summed E-state index contributed by atoms with van der Waals surface area (Å²) in [4.78, 5) is 21.6. The third kappa shape index (κ3) is 9.17. The van der Waals surface area contributed by atoms with Crippen molar-refractivity contribution in [2.75, 3.05) is 75.2 Å². The lowest BCUT2D eigenvalue weighted by Crippen LogP contribution is -2.47. The molecule has 4 aromatic carbocycles. The number of hydrogen-bond acceptors (Lipinski definition) is 8. The quantitative estimate of drug-likeness (QED) is 0.136. The molecule has 7 aromatic rings. The van der Waals surface area contributed by atoms with Gasteiger partial charge in [-0.25, -0.2) is 9.97 Å². The van der Waals surface area contributed by atoms with Gasteiger partial charge in [0.15, 0.2) is 0 Å². The van der Waals surface area contributed by atoms with E-state index in [-0.39, 0.29) is 0 Å². The van der Waals surface area contributed by atoms with Gasteiger partial charge in [0.1, 0.15) is 0 Å². The van der Waals surface area contributed by atoms with E-state index in [1.807, 2.05) is 22.7 Å². The van der Waals surface area contributed by atoms with Gasteiger partial charge >= 0.3 is 0 Å². The number of para-hydroxylation sites is 2. The van der Waals surface area contributed by atoms with Crippen LogP contribution in [-0.4, -0.2) is 85.2 Å². The van der Waals surface area contributed by atoms with Gasteiger partial charge in [-0.3, -0.25) is 9.80 Å². The molecule has 2 aliphatic carbocycles. The lowest BCUT2D eigenvalue weighted by atomic mass is 9.87. The smallest absolute Gasteiger partial charge is 0.0730 e. The van der Waals surface area contributed by atoms with Crippen LogP contribution in [0.15, 0.2) is 146 Å². The third-order valence-corrected chi connectivity index (χ3v) is 17.0. The molecule has 13 rings (SSSR count). The van der Waals surface area contributed by atoms with Crippen molar-refractivity contribution in [1.29, 1.82) is 0 Å². The molecular weight excluding hydrogens is 917 g/mol. The van der Waals surface area contributed by atoms with Crippen molar-refractivity contribution < 1.29 is 0 Å². The van der Waals surface area contributed by atoms with Crippen molar-refractivity contribution in [2.24, 2.45) is 0 Å². The predicted octanol–water partition coefficient (Wildman–Crippen LogP) is 13.3. The molecule has 7 heterocycles. The lowest BCUT2D eigenvalue weighted by molar-refractivity contribution is 0.270. The minimum Gasteiger partial charge on any atom is -0.369 e. The van der Waals surface area contributed by atoms with Crippen molar-refractivity contribution in [1.82, 2.24) is 19.8 Å². The molecule has 0 N–H and O–H groups in total. The molecule has 352 valence electrons. The summed E-state index contributed by atoms with van der Waals surface area (Å²) in [5.74, 6) is 5.17. The first kappa shape index (κ1) is 45.7. The van der Waals surface area contributed by atoms with Gasteiger partial charge in [0.25, 0.3) is 0 Å². The van der Waals surface area contributed by atoms with Crippen LogP contribution >= 0.6 is 22.7 Å². The van der Waals surface area contributed by atoms with Crippen molar-refractivity contribution in [2.45, 2.75) is 0 Å². The Morgan fingerprint density at radius 3 is 1.06 bits per heavy atom. The zero-order chi connectivity index (χ0) is 47.8. The van der Waals surface area contributed by atoms with E-state index >= 15 is 0 Å². The van der Waals surface area contributed by atoms with Gasteiger partial charge in [0, 0.05) is 142 Å². The van der Waals surface area contributed by atoms with Crippen molar-refractivity contribution in [3.63, 3.8) is 0 Å². The Bertz CT molecular complexity index is 3040.